The van der Waals surface area contributed by atoms with Gasteiger partial charge in [-0.15, -0.1) is 11.3 Å². The van der Waals surface area contributed by atoms with Gasteiger partial charge < -0.3 is 5.32 Å². The molecule has 3 nitrogen and oxygen atoms in total. The first-order valence-electron chi connectivity index (χ1n) is 5.23. The summed E-state index contributed by atoms with van der Waals surface area (Å²) in [6.45, 7) is 7.52. The minimum absolute atomic E-state index is 0.566. The van der Waals surface area contributed by atoms with E-state index in [1.807, 2.05) is 0 Å². The number of piperazine rings is 1. The molecule has 0 aliphatic carbocycles. The molecule has 2 unspecified atom stereocenters. The maximum absolute atomic E-state index is 5.87. The van der Waals surface area contributed by atoms with Crippen molar-refractivity contribution in [1.82, 2.24) is 15.2 Å². The average molecular weight is 246 g/mol. The van der Waals surface area contributed by atoms with Crippen LogP contribution in [-0.2, 0) is 6.54 Å². The van der Waals surface area contributed by atoms with Gasteiger partial charge in [-0.1, -0.05) is 11.6 Å². The molecule has 2 atom stereocenters. The Morgan fingerprint density at radius 3 is 3.13 bits per heavy atom. The van der Waals surface area contributed by atoms with Gasteiger partial charge in [-0.2, -0.15) is 0 Å². The Kier molecular flexibility index (Phi) is 3.61. The number of thiazole rings is 1. The van der Waals surface area contributed by atoms with Gasteiger partial charge in [0.05, 0.1) is 12.7 Å². The number of hydrogen-bond acceptors (Lipinski definition) is 4. The second kappa shape index (κ2) is 4.78. The zero-order chi connectivity index (χ0) is 10.8. The van der Waals surface area contributed by atoms with Crippen molar-refractivity contribution in [3.05, 3.63) is 15.5 Å². The van der Waals surface area contributed by atoms with E-state index in [1.165, 1.54) is 0 Å². The highest BCUT2D eigenvalue weighted by Crippen LogP contribution is 2.21. The lowest BCUT2D eigenvalue weighted by molar-refractivity contribution is 0.138. The van der Waals surface area contributed by atoms with E-state index in [0.29, 0.717) is 12.1 Å². The zero-order valence-electron chi connectivity index (χ0n) is 9.03. The Morgan fingerprint density at radius 2 is 2.47 bits per heavy atom. The van der Waals surface area contributed by atoms with Crippen LogP contribution in [0.5, 0.6) is 0 Å². The maximum atomic E-state index is 5.87. The second-order valence-corrected chi connectivity index (χ2v) is 5.89. The average Bonchev–Trinajstić information content (AvgIpc) is 2.58. The molecule has 0 saturated carbocycles. The highest BCUT2D eigenvalue weighted by atomic mass is 35.5. The molecule has 0 spiro atoms. The fraction of sp³-hybridized carbons (Fsp3) is 0.700. The van der Waals surface area contributed by atoms with Crippen molar-refractivity contribution in [1.29, 1.82) is 0 Å². The van der Waals surface area contributed by atoms with Gasteiger partial charge in [-0.25, -0.2) is 4.98 Å². The quantitative estimate of drug-likeness (QED) is 0.864. The number of nitrogens with one attached hydrogen (secondary N) is 1. The Balaban J connectivity index is 1.98. The number of hydrogen-bond donors (Lipinski definition) is 1. The summed E-state index contributed by atoms with van der Waals surface area (Å²) in [6, 6.07) is 1.14. The number of halogens is 1. The molecule has 1 aromatic rings. The zero-order valence-corrected chi connectivity index (χ0v) is 10.6. The van der Waals surface area contributed by atoms with Gasteiger partial charge in [-0.05, 0) is 13.8 Å². The molecule has 1 saturated heterocycles. The minimum atomic E-state index is 0.566. The summed E-state index contributed by atoms with van der Waals surface area (Å²) in [4.78, 5) is 6.75. The van der Waals surface area contributed by atoms with E-state index in [4.69, 9.17) is 11.6 Å². The fourth-order valence-corrected chi connectivity index (χ4v) is 2.83. The van der Waals surface area contributed by atoms with Crippen LogP contribution in [-0.4, -0.2) is 35.1 Å². The van der Waals surface area contributed by atoms with E-state index in [9.17, 15) is 0 Å². The van der Waals surface area contributed by atoms with Crippen LogP contribution >= 0.6 is 22.9 Å². The summed E-state index contributed by atoms with van der Waals surface area (Å²) in [5.74, 6) is 0. The van der Waals surface area contributed by atoms with Gasteiger partial charge in [0.2, 0.25) is 0 Å². The van der Waals surface area contributed by atoms with Gasteiger partial charge >= 0.3 is 0 Å². The molecule has 1 aliphatic heterocycles. The van der Waals surface area contributed by atoms with E-state index >= 15 is 0 Å². The summed E-state index contributed by atoms with van der Waals surface area (Å²) >= 11 is 7.45. The molecule has 5 heteroatoms. The number of nitrogens with zero attached hydrogens (tertiary/aromatic N) is 2. The summed E-state index contributed by atoms with van der Waals surface area (Å²) in [5.41, 5.74) is 0. The van der Waals surface area contributed by atoms with Crippen LogP contribution in [0.15, 0.2) is 6.20 Å². The van der Waals surface area contributed by atoms with E-state index in [0.717, 1.165) is 29.0 Å². The van der Waals surface area contributed by atoms with Gasteiger partial charge in [0.15, 0.2) is 0 Å². The molecule has 15 heavy (non-hydrogen) atoms. The summed E-state index contributed by atoms with van der Waals surface area (Å²) in [6.07, 6.45) is 1.73. The summed E-state index contributed by atoms with van der Waals surface area (Å²) in [5, 5.41) is 4.58. The monoisotopic (exact) mass is 245 g/mol. The highest BCUT2D eigenvalue weighted by molar-refractivity contribution is 7.15. The van der Waals surface area contributed by atoms with E-state index in [-0.39, 0.29) is 0 Å². The third-order valence-corrected chi connectivity index (χ3v) is 3.86. The number of rotatable bonds is 2. The third kappa shape index (κ3) is 2.91. The first-order valence-corrected chi connectivity index (χ1v) is 6.42. The maximum Gasteiger partial charge on any atom is 0.113 e. The van der Waals surface area contributed by atoms with Gasteiger partial charge in [0.1, 0.15) is 9.34 Å². The second-order valence-electron chi connectivity index (χ2n) is 4.15. The van der Waals surface area contributed by atoms with E-state index in [1.54, 1.807) is 17.5 Å². The standard InChI is InChI=1S/C10H16ClN3S/c1-7-5-14(8(2)3-12-7)6-10-13-4-9(11)15-10/h4,7-8,12H,3,5-6H2,1-2H3. The normalized spacial score (nSPS) is 28.2. The van der Waals surface area contributed by atoms with Crippen molar-refractivity contribution in [2.24, 2.45) is 0 Å². The molecule has 0 aromatic carbocycles. The topological polar surface area (TPSA) is 28.2 Å². The minimum Gasteiger partial charge on any atom is -0.311 e. The molecule has 84 valence electrons. The summed E-state index contributed by atoms with van der Waals surface area (Å²) in [7, 11) is 0. The SMILES string of the molecule is CC1CN(Cc2ncc(Cl)s2)C(C)CN1. The lowest BCUT2D eigenvalue weighted by atomic mass is 10.1. The first kappa shape index (κ1) is 11.3. The predicted octanol–water partition coefficient (Wildman–Crippen LogP) is 1.98. The van der Waals surface area contributed by atoms with Crippen LogP contribution in [0, 0.1) is 0 Å². The predicted molar refractivity (Wildman–Crippen MR) is 64.5 cm³/mol. The molecule has 1 aromatic heterocycles. The van der Waals surface area contributed by atoms with Crippen molar-refractivity contribution in [2.75, 3.05) is 13.1 Å². The van der Waals surface area contributed by atoms with Gasteiger partial charge in [0.25, 0.3) is 0 Å². The largest absolute Gasteiger partial charge is 0.311 e. The lowest BCUT2D eigenvalue weighted by Crippen LogP contribution is -2.53. The molecule has 0 amide bonds. The van der Waals surface area contributed by atoms with Crippen LogP contribution in [0.1, 0.15) is 18.9 Å². The van der Waals surface area contributed by atoms with Crippen molar-refractivity contribution in [3.8, 4) is 0 Å². The Hall–Kier alpha value is -0.160. The molecular formula is C10H16ClN3S. The fourth-order valence-electron chi connectivity index (χ4n) is 1.85. The Labute approximate surface area is 99.5 Å². The summed E-state index contributed by atoms with van der Waals surface area (Å²) < 4.78 is 0.779. The van der Waals surface area contributed by atoms with Crippen molar-refractivity contribution in [3.63, 3.8) is 0 Å². The van der Waals surface area contributed by atoms with Crippen molar-refractivity contribution in [2.45, 2.75) is 32.5 Å². The molecule has 1 aliphatic rings. The Bertz CT molecular complexity index is 328. The van der Waals surface area contributed by atoms with Crippen molar-refractivity contribution >= 4 is 22.9 Å². The molecule has 2 heterocycles. The molecule has 2 rings (SSSR count). The smallest absolute Gasteiger partial charge is 0.113 e. The lowest BCUT2D eigenvalue weighted by Gasteiger charge is -2.36. The molecule has 1 N–H and O–H groups in total. The number of aromatic nitrogens is 1. The van der Waals surface area contributed by atoms with Crippen LogP contribution in [0.2, 0.25) is 4.34 Å². The van der Waals surface area contributed by atoms with Gasteiger partial charge in [0, 0.05) is 25.2 Å². The third-order valence-electron chi connectivity index (χ3n) is 2.76. The van der Waals surface area contributed by atoms with E-state index < -0.39 is 0 Å². The van der Waals surface area contributed by atoms with Gasteiger partial charge in [-0.3, -0.25) is 4.90 Å². The molecular weight excluding hydrogens is 230 g/mol. The van der Waals surface area contributed by atoms with Crippen LogP contribution in [0.25, 0.3) is 0 Å². The molecule has 0 radical (unpaired) electrons. The van der Waals surface area contributed by atoms with Crippen LogP contribution < -0.4 is 5.32 Å². The van der Waals surface area contributed by atoms with Crippen LogP contribution in [0.4, 0.5) is 0 Å². The highest BCUT2D eigenvalue weighted by Gasteiger charge is 2.22. The van der Waals surface area contributed by atoms with E-state index in [2.05, 4.69) is 29.0 Å². The van der Waals surface area contributed by atoms with Crippen molar-refractivity contribution < 1.29 is 0 Å². The van der Waals surface area contributed by atoms with Crippen LogP contribution in [0.3, 0.4) is 0 Å². The molecule has 0 bridgehead atoms. The Morgan fingerprint density at radius 1 is 1.67 bits per heavy atom. The first-order chi connectivity index (χ1) is 7.15. The molecule has 1 fully saturated rings.